The highest BCUT2D eigenvalue weighted by Gasteiger charge is 2.41. The molecule has 1 saturated heterocycles. The predicted molar refractivity (Wildman–Crippen MR) is 107 cm³/mol. The molecule has 3 atom stereocenters. The van der Waals surface area contributed by atoms with Crippen LogP contribution in [0.2, 0.25) is 0 Å². The highest BCUT2D eigenvalue weighted by atomic mass is 19.4. The van der Waals surface area contributed by atoms with Crippen molar-refractivity contribution in [1.29, 1.82) is 0 Å². The second-order valence-corrected chi connectivity index (χ2v) is 8.36. The van der Waals surface area contributed by atoms with Gasteiger partial charge in [-0.2, -0.15) is 18.3 Å². The van der Waals surface area contributed by atoms with E-state index in [1.807, 2.05) is 27.1 Å². The first-order valence-electron chi connectivity index (χ1n) is 10.1. The maximum atomic E-state index is 12.9. The van der Waals surface area contributed by atoms with Crippen LogP contribution < -0.4 is 5.32 Å². The van der Waals surface area contributed by atoms with E-state index in [2.05, 4.69) is 20.7 Å². The van der Waals surface area contributed by atoms with E-state index >= 15 is 0 Å². The zero-order valence-electron chi connectivity index (χ0n) is 17.6. The number of piperidine rings is 1. The largest absolute Gasteiger partial charge is 0.416 e. The van der Waals surface area contributed by atoms with Crippen LogP contribution in [-0.2, 0) is 25.4 Å². The van der Waals surface area contributed by atoms with Crippen LogP contribution >= 0.6 is 0 Å². The first kappa shape index (κ1) is 21.5. The molecule has 2 aromatic heterocycles. The Morgan fingerprint density at radius 3 is 2.55 bits per heavy atom. The van der Waals surface area contributed by atoms with Gasteiger partial charge in [-0.25, -0.2) is 4.68 Å². The van der Waals surface area contributed by atoms with Crippen molar-refractivity contribution in [1.82, 2.24) is 30.1 Å². The molecule has 3 heterocycles. The standard InChI is InChI=1S/C21H25F3N6O/c1-13-8-20(31,16-4-6-17(7-5-16)21(22,23)24)9-18(26-13)19-12-30(28-27-19)11-15-10-25-29(3)14(15)2/h4-7,10,12-13,18,26,31H,8-9,11H2,1-3H3/t13-,18-,20?/m0/s1. The lowest BCUT2D eigenvalue weighted by atomic mass is 9.78. The van der Waals surface area contributed by atoms with E-state index in [0.29, 0.717) is 24.2 Å². The van der Waals surface area contributed by atoms with Crippen LogP contribution in [0.3, 0.4) is 0 Å². The fourth-order valence-corrected chi connectivity index (χ4v) is 4.21. The van der Waals surface area contributed by atoms with Crippen LogP contribution in [0, 0.1) is 6.92 Å². The number of hydrogen-bond acceptors (Lipinski definition) is 5. The van der Waals surface area contributed by atoms with Crippen LogP contribution in [0.1, 0.15) is 53.9 Å². The van der Waals surface area contributed by atoms with Crippen LogP contribution in [0.5, 0.6) is 0 Å². The van der Waals surface area contributed by atoms with E-state index in [9.17, 15) is 18.3 Å². The molecule has 0 saturated carbocycles. The summed E-state index contributed by atoms with van der Waals surface area (Å²) >= 11 is 0. The first-order valence-corrected chi connectivity index (χ1v) is 10.1. The minimum atomic E-state index is -4.41. The monoisotopic (exact) mass is 434 g/mol. The van der Waals surface area contributed by atoms with Crippen LogP contribution in [0.4, 0.5) is 13.2 Å². The number of alkyl halides is 3. The van der Waals surface area contributed by atoms with Crippen molar-refractivity contribution < 1.29 is 18.3 Å². The molecule has 7 nitrogen and oxygen atoms in total. The zero-order chi connectivity index (χ0) is 22.4. The van der Waals surface area contributed by atoms with Crippen LogP contribution in [0.25, 0.3) is 0 Å². The number of nitrogens with zero attached hydrogens (tertiary/aromatic N) is 5. The SMILES string of the molecule is Cc1c(Cn2cc([C@@H]3CC(O)(c4ccc(C(F)(F)F)cc4)C[C@H](C)N3)nn2)cnn1C. The van der Waals surface area contributed by atoms with Crippen molar-refractivity contribution >= 4 is 0 Å². The molecular weight excluding hydrogens is 409 g/mol. The summed E-state index contributed by atoms with van der Waals surface area (Å²) < 4.78 is 42.2. The Labute approximate surface area is 177 Å². The third-order valence-corrected chi connectivity index (χ3v) is 6.00. The number of nitrogens with one attached hydrogen (secondary N) is 1. The third kappa shape index (κ3) is 4.35. The highest BCUT2D eigenvalue weighted by molar-refractivity contribution is 5.30. The Morgan fingerprint density at radius 1 is 1.23 bits per heavy atom. The van der Waals surface area contributed by atoms with E-state index in [1.165, 1.54) is 12.1 Å². The second kappa shape index (κ2) is 7.76. The third-order valence-electron chi connectivity index (χ3n) is 6.00. The van der Waals surface area contributed by atoms with Gasteiger partial charge >= 0.3 is 6.18 Å². The fraction of sp³-hybridized carbons (Fsp3) is 0.476. The van der Waals surface area contributed by atoms with Gasteiger partial charge in [-0.05, 0) is 38.0 Å². The number of halogens is 3. The topological polar surface area (TPSA) is 80.8 Å². The lowest BCUT2D eigenvalue weighted by molar-refractivity contribution is -0.137. The van der Waals surface area contributed by atoms with Gasteiger partial charge < -0.3 is 10.4 Å². The van der Waals surface area contributed by atoms with E-state index in [1.54, 1.807) is 15.6 Å². The van der Waals surface area contributed by atoms with Crippen molar-refractivity contribution in [2.75, 3.05) is 0 Å². The lowest BCUT2D eigenvalue weighted by Gasteiger charge is -2.40. The smallest absolute Gasteiger partial charge is 0.385 e. The van der Waals surface area contributed by atoms with Gasteiger partial charge in [0.2, 0.25) is 0 Å². The van der Waals surface area contributed by atoms with Crippen molar-refractivity contribution in [3.63, 3.8) is 0 Å². The number of aromatic nitrogens is 5. The van der Waals surface area contributed by atoms with E-state index in [4.69, 9.17) is 0 Å². The predicted octanol–water partition coefficient (Wildman–Crippen LogP) is 3.09. The normalized spacial score (nSPS) is 24.5. The number of rotatable bonds is 4. The summed E-state index contributed by atoms with van der Waals surface area (Å²) in [4.78, 5) is 0. The van der Waals surface area contributed by atoms with Crippen molar-refractivity contribution in [2.45, 2.75) is 57.1 Å². The quantitative estimate of drug-likeness (QED) is 0.660. The summed E-state index contributed by atoms with van der Waals surface area (Å²) in [7, 11) is 1.88. The molecule has 3 aromatic rings. The molecule has 0 aliphatic carbocycles. The van der Waals surface area contributed by atoms with Crippen molar-refractivity contribution in [3.8, 4) is 0 Å². The number of aliphatic hydroxyl groups is 1. The molecule has 2 N–H and O–H groups in total. The number of benzene rings is 1. The average molecular weight is 434 g/mol. The van der Waals surface area contributed by atoms with Gasteiger partial charge in [0, 0.05) is 30.8 Å². The number of hydrogen-bond donors (Lipinski definition) is 2. The Morgan fingerprint density at radius 2 is 1.94 bits per heavy atom. The molecule has 1 aromatic carbocycles. The van der Waals surface area contributed by atoms with Gasteiger partial charge in [0.25, 0.3) is 0 Å². The molecule has 1 unspecified atom stereocenters. The van der Waals surface area contributed by atoms with E-state index < -0.39 is 17.3 Å². The summed E-state index contributed by atoms with van der Waals surface area (Å²) in [5.41, 5.74) is 1.23. The molecule has 0 amide bonds. The van der Waals surface area contributed by atoms with Crippen molar-refractivity contribution in [3.05, 3.63) is 64.7 Å². The summed E-state index contributed by atoms with van der Waals surface area (Å²) in [5.74, 6) is 0. The number of aryl methyl sites for hydroxylation is 1. The molecule has 1 fully saturated rings. The maximum Gasteiger partial charge on any atom is 0.416 e. The Hall–Kier alpha value is -2.72. The van der Waals surface area contributed by atoms with Gasteiger partial charge in [0.1, 0.15) is 0 Å². The molecule has 4 rings (SSSR count). The van der Waals surface area contributed by atoms with Gasteiger partial charge in [-0.1, -0.05) is 17.3 Å². The summed E-state index contributed by atoms with van der Waals surface area (Å²) in [6, 6.07) is 4.42. The Balaban J connectivity index is 1.54. The van der Waals surface area contributed by atoms with Gasteiger partial charge in [0.15, 0.2) is 0 Å². The lowest BCUT2D eigenvalue weighted by Crippen LogP contribution is -2.47. The van der Waals surface area contributed by atoms with E-state index in [-0.39, 0.29) is 18.5 Å². The Kier molecular flexibility index (Phi) is 5.38. The molecule has 0 radical (unpaired) electrons. The molecule has 0 bridgehead atoms. The second-order valence-electron chi connectivity index (χ2n) is 8.36. The average Bonchev–Trinajstić information content (AvgIpc) is 3.29. The molecule has 0 spiro atoms. The van der Waals surface area contributed by atoms with Gasteiger partial charge in [-0.15, -0.1) is 5.10 Å². The van der Waals surface area contributed by atoms with Gasteiger partial charge in [0.05, 0.1) is 41.8 Å². The first-order chi connectivity index (χ1) is 14.5. The molecule has 1 aliphatic heterocycles. The summed E-state index contributed by atoms with van der Waals surface area (Å²) in [6.07, 6.45) is -0.113. The van der Waals surface area contributed by atoms with E-state index in [0.717, 1.165) is 23.4 Å². The molecule has 31 heavy (non-hydrogen) atoms. The minimum Gasteiger partial charge on any atom is -0.385 e. The maximum absolute atomic E-state index is 12.9. The Bertz CT molecular complexity index is 1060. The zero-order valence-corrected chi connectivity index (χ0v) is 17.6. The van der Waals surface area contributed by atoms with Crippen molar-refractivity contribution in [2.24, 2.45) is 7.05 Å². The highest BCUT2D eigenvalue weighted by Crippen LogP contribution is 2.40. The van der Waals surface area contributed by atoms with Crippen LogP contribution in [-0.4, -0.2) is 35.9 Å². The summed E-state index contributed by atoms with van der Waals surface area (Å²) in [5, 5.41) is 27.5. The van der Waals surface area contributed by atoms with Crippen LogP contribution in [0.15, 0.2) is 36.7 Å². The van der Waals surface area contributed by atoms with Gasteiger partial charge in [-0.3, -0.25) is 4.68 Å². The molecule has 1 aliphatic rings. The summed E-state index contributed by atoms with van der Waals surface area (Å²) in [6.45, 7) is 4.44. The fourth-order valence-electron chi connectivity index (χ4n) is 4.21. The molecule has 10 heteroatoms. The molecule has 166 valence electrons. The molecular formula is C21H25F3N6O. The minimum absolute atomic E-state index is 0.0586.